The fourth-order valence-corrected chi connectivity index (χ4v) is 4.07. The molecule has 0 aromatic rings. The second-order valence-electron chi connectivity index (χ2n) is 6.51. The van der Waals surface area contributed by atoms with Crippen LogP contribution in [0.4, 0.5) is 0 Å². The largest absolute Gasteiger partial charge is 0.478 e. The number of carboxylic acids is 1. The van der Waals surface area contributed by atoms with Gasteiger partial charge in [0.15, 0.2) is 5.79 Å². The summed E-state index contributed by atoms with van der Waals surface area (Å²) in [5.74, 6) is 0.806. The second kappa shape index (κ2) is 5.49. The molecule has 1 N–H and O–H groups in total. The van der Waals surface area contributed by atoms with Crippen molar-refractivity contribution in [3.8, 4) is 0 Å². The van der Waals surface area contributed by atoms with Gasteiger partial charge in [0.25, 0.3) is 0 Å². The molecule has 2 aliphatic carbocycles. The van der Waals surface area contributed by atoms with E-state index >= 15 is 0 Å². The van der Waals surface area contributed by atoms with Crippen molar-refractivity contribution in [2.45, 2.75) is 69.4 Å². The Morgan fingerprint density at radius 3 is 2.50 bits per heavy atom. The highest BCUT2D eigenvalue weighted by Crippen LogP contribution is 2.62. The summed E-state index contributed by atoms with van der Waals surface area (Å²) in [6, 6.07) is 0. The van der Waals surface area contributed by atoms with Crippen LogP contribution in [-0.4, -0.2) is 29.1 Å². The van der Waals surface area contributed by atoms with Crippen LogP contribution < -0.4 is 0 Å². The maximum Gasteiger partial charge on any atom is 0.327 e. The quantitative estimate of drug-likeness (QED) is 0.637. The molecule has 20 heavy (non-hydrogen) atoms. The third-order valence-corrected chi connectivity index (χ3v) is 5.20. The van der Waals surface area contributed by atoms with E-state index in [1.165, 1.54) is 51.4 Å². The van der Waals surface area contributed by atoms with Crippen molar-refractivity contribution in [3.05, 3.63) is 12.7 Å². The molecule has 4 heteroatoms. The molecule has 0 amide bonds. The zero-order valence-electron chi connectivity index (χ0n) is 11.9. The first kappa shape index (κ1) is 14.1. The number of rotatable bonds is 3. The minimum absolute atomic E-state index is 0.0340. The molecule has 1 spiro atoms. The van der Waals surface area contributed by atoms with Gasteiger partial charge in [-0.1, -0.05) is 38.7 Å². The van der Waals surface area contributed by atoms with Gasteiger partial charge in [-0.3, -0.25) is 0 Å². The molecule has 5 fully saturated rings. The van der Waals surface area contributed by atoms with Crippen LogP contribution in [0.3, 0.4) is 0 Å². The first-order valence-corrected chi connectivity index (χ1v) is 7.85. The van der Waals surface area contributed by atoms with Gasteiger partial charge < -0.3 is 14.6 Å². The van der Waals surface area contributed by atoms with Gasteiger partial charge in [-0.15, -0.1) is 0 Å². The van der Waals surface area contributed by atoms with Gasteiger partial charge in [0.2, 0.25) is 0 Å². The SMILES string of the molecule is C1CCC(CC2CCC34OC2C3O4)CC1.C=CC(=O)O. The van der Waals surface area contributed by atoms with E-state index in [-0.39, 0.29) is 5.79 Å². The molecular formula is C16H24O4. The molecule has 5 rings (SSSR count). The van der Waals surface area contributed by atoms with Crippen LogP contribution >= 0.6 is 0 Å². The van der Waals surface area contributed by atoms with Crippen molar-refractivity contribution in [2.24, 2.45) is 11.8 Å². The molecule has 2 saturated carbocycles. The summed E-state index contributed by atoms with van der Waals surface area (Å²) in [4.78, 5) is 9.25. The fraction of sp³-hybridized carbons (Fsp3) is 0.812. The van der Waals surface area contributed by atoms with Gasteiger partial charge in [0.1, 0.15) is 6.10 Å². The molecule has 3 heterocycles. The Balaban J connectivity index is 0.000000213. The molecule has 3 saturated heterocycles. The molecule has 112 valence electrons. The smallest absolute Gasteiger partial charge is 0.327 e. The summed E-state index contributed by atoms with van der Waals surface area (Å²) in [5, 5.41) is 7.60. The summed E-state index contributed by atoms with van der Waals surface area (Å²) in [6.07, 6.45) is 13.1. The van der Waals surface area contributed by atoms with Gasteiger partial charge in [-0.2, -0.15) is 0 Å². The third kappa shape index (κ3) is 2.63. The van der Waals surface area contributed by atoms with Crippen LogP contribution in [-0.2, 0) is 14.3 Å². The number of carbonyl (C=O) groups is 1. The summed E-state index contributed by atoms with van der Waals surface area (Å²) < 4.78 is 11.5. The van der Waals surface area contributed by atoms with Crippen molar-refractivity contribution < 1.29 is 19.4 Å². The van der Waals surface area contributed by atoms with Crippen molar-refractivity contribution in [3.63, 3.8) is 0 Å². The second-order valence-corrected chi connectivity index (χ2v) is 6.51. The van der Waals surface area contributed by atoms with Crippen LogP contribution in [0.25, 0.3) is 0 Å². The number of carboxylic acid groups (broad SMARTS) is 1. The highest BCUT2D eigenvalue weighted by molar-refractivity contribution is 5.78. The van der Waals surface area contributed by atoms with Crippen molar-refractivity contribution in [2.75, 3.05) is 0 Å². The first-order chi connectivity index (χ1) is 9.64. The van der Waals surface area contributed by atoms with Crippen molar-refractivity contribution in [1.82, 2.24) is 0 Å². The lowest BCUT2D eigenvalue weighted by Crippen LogP contribution is -2.53. The Kier molecular flexibility index (Phi) is 3.87. The number of fused-ring (bicyclic) bond motifs is 2. The minimum atomic E-state index is -0.981. The van der Waals surface area contributed by atoms with E-state index in [0.29, 0.717) is 12.2 Å². The van der Waals surface area contributed by atoms with Crippen molar-refractivity contribution >= 4 is 5.97 Å². The Bertz CT molecular complexity index is 384. The normalized spacial score (nSPS) is 41.5. The van der Waals surface area contributed by atoms with E-state index in [1.807, 2.05) is 0 Å². The summed E-state index contributed by atoms with van der Waals surface area (Å²) in [6.45, 7) is 2.96. The molecule has 3 aliphatic heterocycles. The van der Waals surface area contributed by atoms with Gasteiger partial charge in [-0.25, -0.2) is 4.79 Å². The lowest BCUT2D eigenvalue weighted by atomic mass is 9.73. The molecule has 5 aliphatic rings. The van der Waals surface area contributed by atoms with E-state index in [4.69, 9.17) is 14.6 Å². The lowest BCUT2D eigenvalue weighted by Gasteiger charge is -2.43. The van der Waals surface area contributed by atoms with E-state index in [0.717, 1.165) is 17.9 Å². The van der Waals surface area contributed by atoms with Gasteiger partial charge in [-0.05, 0) is 24.7 Å². The monoisotopic (exact) mass is 280 g/mol. The molecule has 0 radical (unpaired) electrons. The molecule has 0 aromatic carbocycles. The van der Waals surface area contributed by atoms with E-state index in [9.17, 15) is 4.79 Å². The predicted molar refractivity (Wildman–Crippen MR) is 74.2 cm³/mol. The Morgan fingerprint density at radius 2 is 1.95 bits per heavy atom. The average molecular weight is 280 g/mol. The number of hydrogen-bond acceptors (Lipinski definition) is 3. The summed E-state index contributed by atoms with van der Waals surface area (Å²) in [7, 11) is 0. The van der Waals surface area contributed by atoms with Gasteiger partial charge in [0.05, 0.1) is 6.10 Å². The minimum Gasteiger partial charge on any atom is -0.478 e. The third-order valence-electron chi connectivity index (χ3n) is 5.20. The molecule has 4 nitrogen and oxygen atoms in total. The average Bonchev–Trinajstić information content (AvgIpc) is 3.06. The maximum absolute atomic E-state index is 9.25. The summed E-state index contributed by atoms with van der Waals surface area (Å²) in [5.41, 5.74) is 0. The zero-order chi connectivity index (χ0) is 14.2. The number of hydrogen-bond donors (Lipinski definition) is 1. The molecular weight excluding hydrogens is 256 g/mol. The van der Waals surface area contributed by atoms with E-state index < -0.39 is 5.97 Å². The van der Waals surface area contributed by atoms with Crippen LogP contribution in [0, 0.1) is 11.8 Å². The van der Waals surface area contributed by atoms with E-state index in [1.54, 1.807) is 0 Å². The van der Waals surface area contributed by atoms with Crippen LogP contribution in [0.1, 0.15) is 51.4 Å². The Labute approximate surface area is 120 Å². The Hall–Kier alpha value is -0.870. The number of ether oxygens (including phenoxy) is 2. The highest BCUT2D eigenvalue weighted by Gasteiger charge is 2.75. The zero-order valence-corrected chi connectivity index (χ0v) is 11.9. The Morgan fingerprint density at radius 1 is 1.25 bits per heavy atom. The highest BCUT2D eigenvalue weighted by atomic mass is 16.9. The number of aliphatic carboxylic acids is 1. The van der Waals surface area contributed by atoms with Crippen molar-refractivity contribution in [1.29, 1.82) is 0 Å². The van der Waals surface area contributed by atoms with Gasteiger partial charge >= 0.3 is 5.97 Å². The summed E-state index contributed by atoms with van der Waals surface area (Å²) >= 11 is 0. The molecule has 4 atom stereocenters. The van der Waals surface area contributed by atoms with Gasteiger partial charge in [0, 0.05) is 12.5 Å². The van der Waals surface area contributed by atoms with E-state index in [2.05, 4.69) is 6.58 Å². The van der Waals surface area contributed by atoms with Crippen LogP contribution in [0.5, 0.6) is 0 Å². The van der Waals surface area contributed by atoms with Crippen LogP contribution in [0.15, 0.2) is 12.7 Å². The topological polar surface area (TPSA) is 59.1 Å². The fourth-order valence-electron chi connectivity index (χ4n) is 4.07. The van der Waals surface area contributed by atoms with Crippen LogP contribution in [0.2, 0.25) is 0 Å². The predicted octanol–water partition coefficient (Wildman–Crippen LogP) is 3.12. The molecule has 2 bridgehead atoms. The standard InChI is InChI=1S/C13H20O2.C3H4O2/c1-2-4-9(5-3-1)8-10-6-7-13-12(15-13)11(10)14-13;1-2-3(4)5/h9-12H,1-8H2;2H,1H2,(H,4,5). The number of epoxide rings is 1. The molecule has 0 aromatic heterocycles. The maximum atomic E-state index is 9.25. The first-order valence-electron chi connectivity index (χ1n) is 7.85. The lowest BCUT2D eigenvalue weighted by molar-refractivity contribution is -0.188. The molecule has 4 unspecified atom stereocenters.